The smallest absolute Gasteiger partial charge is 0.231 e. The zero-order valence-corrected chi connectivity index (χ0v) is 14.1. The van der Waals surface area contributed by atoms with Crippen molar-refractivity contribution in [1.82, 2.24) is 4.90 Å². The molecule has 0 aromatic heterocycles. The van der Waals surface area contributed by atoms with E-state index in [1.807, 2.05) is 0 Å². The summed E-state index contributed by atoms with van der Waals surface area (Å²) in [5.74, 6) is 0.658. The van der Waals surface area contributed by atoms with Gasteiger partial charge in [-0.1, -0.05) is 34.1 Å². The van der Waals surface area contributed by atoms with E-state index in [1.54, 1.807) is 4.90 Å². The maximum atomic E-state index is 12.6. The highest BCUT2D eigenvalue weighted by Gasteiger charge is 2.32. The van der Waals surface area contributed by atoms with Crippen LogP contribution in [0.5, 0.6) is 0 Å². The Morgan fingerprint density at radius 1 is 1.24 bits per heavy atom. The first-order chi connectivity index (χ1) is 10.2. The molecule has 0 aliphatic carbocycles. The fraction of sp³-hybridized carbons (Fsp3) is 0.588. The molecule has 0 bridgehead atoms. The Morgan fingerprint density at radius 3 is 2.76 bits per heavy atom. The highest BCUT2D eigenvalue weighted by molar-refractivity contribution is 9.10. The lowest BCUT2D eigenvalue weighted by Crippen LogP contribution is -3.12. The predicted molar refractivity (Wildman–Crippen MR) is 87.1 cm³/mol. The van der Waals surface area contributed by atoms with Gasteiger partial charge in [-0.05, 0) is 31.7 Å². The topological polar surface area (TPSA) is 24.8 Å². The van der Waals surface area contributed by atoms with E-state index in [0.29, 0.717) is 5.91 Å². The number of piperidine rings is 1. The molecule has 1 aromatic carbocycles. The summed E-state index contributed by atoms with van der Waals surface area (Å²) >= 11 is 3.63. The predicted octanol–water partition coefficient (Wildman–Crippen LogP) is 1.87. The van der Waals surface area contributed by atoms with Crippen molar-refractivity contribution >= 4 is 21.8 Å². The van der Waals surface area contributed by atoms with E-state index in [0.717, 1.165) is 32.6 Å². The third-order valence-corrected chi connectivity index (χ3v) is 5.56. The number of likely N-dealkylation sites (tertiary alicyclic amines) is 2. The minimum absolute atomic E-state index is 0.245. The summed E-state index contributed by atoms with van der Waals surface area (Å²) in [4.78, 5) is 16.2. The van der Waals surface area contributed by atoms with Crippen LogP contribution in [-0.2, 0) is 11.3 Å². The Kier molecular flexibility index (Phi) is 4.96. The first-order valence-electron chi connectivity index (χ1n) is 8.10. The summed E-state index contributed by atoms with van der Waals surface area (Å²) in [7, 11) is 0. The molecule has 1 N–H and O–H groups in total. The van der Waals surface area contributed by atoms with Gasteiger partial charge in [0.1, 0.15) is 6.54 Å². The van der Waals surface area contributed by atoms with Crippen molar-refractivity contribution in [3.63, 3.8) is 0 Å². The normalized spacial score (nSPS) is 26.0. The SMILES string of the molecule is O=C([C@H]1CCC[NH+](Cc2ccccc2Br)C1)N1CCCC1. The van der Waals surface area contributed by atoms with E-state index >= 15 is 0 Å². The summed E-state index contributed by atoms with van der Waals surface area (Å²) in [5.41, 5.74) is 1.35. The molecule has 3 nitrogen and oxygen atoms in total. The van der Waals surface area contributed by atoms with E-state index in [-0.39, 0.29) is 5.92 Å². The molecule has 3 rings (SSSR count). The van der Waals surface area contributed by atoms with E-state index in [1.165, 1.54) is 35.8 Å². The van der Waals surface area contributed by atoms with Crippen molar-refractivity contribution in [3.8, 4) is 0 Å². The molecule has 2 aliphatic heterocycles. The van der Waals surface area contributed by atoms with Crippen LogP contribution in [0.15, 0.2) is 28.7 Å². The van der Waals surface area contributed by atoms with Gasteiger partial charge in [0.25, 0.3) is 0 Å². The van der Waals surface area contributed by atoms with Crippen molar-refractivity contribution in [2.45, 2.75) is 32.2 Å². The number of quaternary nitrogens is 1. The fourth-order valence-electron chi connectivity index (χ4n) is 3.63. The molecule has 2 heterocycles. The zero-order chi connectivity index (χ0) is 14.7. The number of amides is 1. The van der Waals surface area contributed by atoms with E-state index < -0.39 is 0 Å². The molecule has 0 spiro atoms. The van der Waals surface area contributed by atoms with E-state index in [9.17, 15) is 4.79 Å². The molecule has 0 saturated carbocycles. The lowest BCUT2D eigenvalue weighted by Gasteiger charge is -2.31. The van der Waals surface area contributed by atoms with Crippen LogP contribution in [0.25, 0.3) is 0 Å². The fourth-order valence-corrected chi connectivity index (χ4v) is 4.05. The van der Waals surface area contributed by atoms with E-state index in [2.05, 4.69) is 45.1 Å². The van der Waals surface area contributed by atoms with Gasteiger partial charge in [-0.25, -0.2) is 0 Å². The quantitative estimate of drug-likeness (QED) is 0.883. The summed E-state index contributed by atoms with van der Waals surface area (Å²) in [6.45, 7) is 5.16. The summed E-state index contributed by atoms with van der Waals surface area (Å²) in [5, 5.41) is 0. The molecule has 2 saturated heterocycles. The minimum Gasteiger partial charge on any atom is -0.342 e. The van der Waals surface area contributed by atoms with Crippen molar-refractivity contribution in [3.05, 3.63) is 34.3 Å². The number of benzene rings is 1. The number of nitrogens with zero attached hydrogens (tertiary/aromatic N) is 1. The molecule has 2 aliphatic rings. The summed E-state index contributed by atoms with van der Waals surface area (Å²) < 4.78 is 1.19. The first kappa shape index (κ1) is 15.0. The zero-order valence-electron chi connectivity index (χ0n) is 12.5. The molecule has 0 radical (unpaired) electrons. The molecule has 1 unspecified atom stereocenters. The van der Waals surface area contributed by atoms with Gasteiger partial charge in [-0.3, -0.25) is 4.79 Å². The molecule has 1 amide bonds. The first-order valence-corrected chi connectivity index (χ1v) is 8.89. The van der Waals surface area contributed by atoms with Crippen LogP contribution in [0.3, 0.4) is 0 Å². The molecule has 21 heavy (non-hydrogen) atoms. The lowest BCUT2D eigenvalue weighted by atomic mass is 9.96. The third-order valence-electron chi connectivity index (χ3n) is 4.78. The molecule has 4 heteroatoms. The third kappa shape index (κ3) is 3.67. The standard InChI is InChI=1S/C17H23BrN2O/c18-16-8-2-1-6-14(16)12-19-9-5-7-15(13-19)17(21)20-10-3-4-11-20/h1-2,6,8,15H,3-5,7,9-13H2/p+1/t15-/m0/s1. The molecular formula is C17H24BrN2O+. The number of carbonyl (C=O) groups excluding carboxylic acids is 1. The summed E-state index contributed by atoms with van der Waals surface area (Å²) in [6.07, 6.45) is 4.62. The van der Waals surface area contributed by atoms with Gasteiger partial charge in [-0.15, -0.1) is 0 Å². The highest BCUT2D eigenvalue weighted by Crippen LogP contribution is 2.18. The Balaban J connectivity index is 1.60. The number of nitrogens with one attached hydrogen (secondary N) is 1. The molecule has 114 valence electrons. The van der Waals surface area contributed by atoms with Crippen LogP contribution < -0.4 is 4.90 Å². The van der Waals surface area contributed by atoms with Gasteiger partial charge in [0.15, 0.2) is 0 Å². The van der Waals surface area contributed by atoms with Crippen LogP contribution in [0.2, 0.25) is 0 Å². The highest BCUT2D eigenvalue weighted by atomic mass is 79.9. The number of halogens is 1. The number of hydrogen-bond acceptors (Lipinski definition) is 1. The van der Waals surface area contributed by atoms with Crippen LogP contribution in [-0.4, -0.2) is 37.0 Å². The largest absolute Gasteiger partial charge is 0.342 e. The number of hydrogen-bond donors (Lipinski definition) is 1. The second-order valence-corrected chi connectivity index (χ2v) is 7.20. The molecule has 2 atom stereocenters. The summed E-state index contributed by atoms with van der Waals surface area (Å²) in [6, 6.07) is 8.43. The van der Waals surface area contributed by atoms with Crippen LogP contribution >= 0.6 is 15.9 Å². The number of carbonyl (C=O) groups is 1. The second kappa shape index (κ2) is 6.93. The average Bonchev–Trinajstić information content (AvgIpc) is 3.03. The minimum atomic E-state index is 0.245. The van der Waals surface area contributed by atoms with Gasteiger partial charge in [0.2, 0.25) is 5.91 Å². The molecule has 1 aromatic rings. The van der Waals surface area contributed by atoms with Gasteiger partial charge in [-0.2, -0.15) is 0 Å². The van der Waals surface area contributed by atoms with Crippen molar-refractivity contribution < 1.29 is 9.69 Å². The van der Waals surface area contributed by atoms with Gasteiger partial charge in [0, 0.05) is 23.1 Å². The number of rotatable bonds is 3. The molecule has 2 fully saturated rings. The monoisotopic (exact) mass is 351 g/mol. The van der Waals surface area contributed by atoms with Crippen LogP contribution in [0.1, 0.15) is 31.2 Å². The Labute approximate surface area is 135 Å². The van der Waals surface area contributed by atoms with E-state index in [4.69, 9.17) is 0 Å². The molecular weight excluding hydrogens is 328 g/mol. The Bertz CT molecular complexity index is 499. The van der Waals surface area contributed by atoms with Gasteiger partial charge >= 0.3 is 0 Å². The maximum Gasteiger partial charge on any atom is 0.231 e. The Hall–Kier alpha value is -0.870. The van der Waals surface area contributed by atoms with Gasteiger partial charge < -0.3 is 9.80 Å². The van der Waals surface area contributed by atoms with Crippen molar-refractivity contribution in [1.29, 1.82) is 0 Å². The average molecular weight is 352 g/mol. The van der Waals surface area contributed by atoms with Crippen molar-refractivity contribution in [2.24, 2.45) is 5.92 Å². The lowest BCUT2D eigenvalue weighted by molar-refractivity contribution is -0.921. The van der Waals surface area contributed by atoms with Crippen LogP contribution in [0, 0.1) is 5.92 Å². The van der Waals surface area contributed by atoms with Crippen LogP contribution in [0.4, 0.5) is 0 Å². The second-order valence-electron chi connectivity index (χ2n) is 6.34. The van der Waals surface area contributed by atoms with Gasteiger partial charge in [0.05, 0.1) is 19.0 Å². The maximum absolute atomic E-state index is 12.6. The Morgan fingerprint density at radius 2 is 2.00 bits per heavy atom. The van der Waals surface area contributed by atoms with Crippen molar-refractivity contribution in [2.75, 3.05) is 26.2 Å².